The van der Waals surface area contributed by atoms with E-state index in [-0.39, 0.29) is 6.61 Å². The largest absolute Gasteiger partial charge is 0.395 e. The van der Waals surface area contributed by atoms with Gasteiger partial charge in [0.25, 0.3) is 0 Å². The number of benzene rings is 1. The van der Waals surface area contributed by atoms with Crippen LogP contribution in [0, 0.1) is 3.57 Å². The van der Waals surface area contributed by atoms with Gasteiger partial charge in [-0.1, -0.05) is 12.6 Å². The summed E-state index contributed by atoms with van der Waals surface area (Å²) in [5, 5.41) is 12.9. The minimum Gasteiger partial charge on any atom is -0.395 e. The van der Waals surface area contributed by atoms with Gasteiger partial charge in [-0.05, 0) is 72.2 Å². The summed E-state index contributed by atoms with van der Waals surface area (Å²) >= 11 is 2.34. The fourth-order valence-electron chi connectivity index (χ4n) is 3.32. The third-order valence-electron chi connectivity index (χ3n) is 4.49. The van der Waals surface area contributed by atoms with Crippen LogP contribution in [0.3, 0.4) is 0 Å². The van der Waals surface area contributed by atoms with E-state index in [1.54, 1.807) is 0 Å². The van der Waals surface area contributed by atoms with Gasteiger partial charge in [0.1, 0.15) is 0 Å². The Bertz CT molecular complexity index is 609. The first kappa shape index (κ1) is 15.1. The predicted molar refractivity (Wildman–Crippen MR) is 95.6 cm³/mol. The second kappa shape index (κ2) is 6.10. The number of nitrogens with zero attached hydrogens (tertiary/aromatic N) is 1. The molecule has 2 heterocycles. The molecule has 0 saturated carbocycles. The molecule has 0 unspecified atom stereocenters. The van der Waals surface area contributed by atoms with Crippen molar-refractivity contribution < 1.29 is 5.11 Å². The lowest BCUT2D eigenvalue weighted by molar-refractivity contribution is 0.171. The predicted octanol–water partition coefficient (Wildman–Crippen LogP) is 3.05. The van der Waals surface area contributed by atoms with Crippen molar-refractivity contribution in [2.45, 2.75) is 25.8 Å². The van der Waals surface area contributed by atoms with Crippen molar-refractivity contribution in [3.05, 3.63) is 45.2 Å². The Balaban J connectivity index is 1.94. The molecule has 0 amide bonds. The van der Waals surface area contributed by atoms with Gasteiger partial charge in [-0.15, -0.1) is 0 Å². The molecule has 4 heteroatoms. The maximum absolute atomic E-state index is 9.52. The van der Waals surface area contributed by atoms with Crippen LogP contribution in [0.15, 0.2) is 30.5 Å². The number of fused-ring (bicyclic) bond motifs is 1. The molecule has 2 aliphatic heterocycles. The SMILES string of the molecule is C=C1NC(C)=C(CN2CCC[C@H]2CO)c2ccc(I)cc21. The molecule has 1 aromatic rings. The van der Waals surface area contributed by atoms with Crippen LogP contribution in [0.25, 0.3) is 11.3 Å². The van der Waals surface area contributed by atoms with E-state index in [4.69, 9.17) is 0 Å². The molecule has 0 bridgehead atoms. The number of likely N-dealkylation sites (tertiary alicyclic amines) is 1. The molecule has 0 aromatic heterocycles. The summed E-state index contributed by atoms with van der Waals surface area (Å²) in [6.45, 7) is 8.48. The Hall–Kier alpha value is -0.850. The molecule has 21 heavy (non-hydrogen) atoms. The van der Waals surface area contributed by atoms with Crippen LogP contribution in [0.4, 0.5) is 0 Å². The lowest BCUT2D eigenvalue weighted by atomic mass is 9.92. The molecule has 1 atom stereocenters. The number of rotatable bonds is 3. The topological polar surface area (TPSA) is 35.5 Å². The van der Waals surface area contributed by atoms with Gasteiger partial charge in [0.05, 0.1) is 6.61 Å². The van der Waals surface area contributed by atoms with Crippen LogP contribution in [0.2, 0.25) is 0 Å². The number of hydrogen-bond acceptors (Lipinski definition) is 3. The van der Waals surface area contributed by atoms with E-state index in [1.165, 1.54) is 32.4 Å². The highest BCUT2D eigenvalue weighted by molar-refractivity contribution is 14.1. The zero-order chi connectivity index (χ0) is 15.0. The van der Waals surface area contributed by atoms with Crippen LogP contribution < -0.4 is 5.32 Å². The Labute approximate surface area is 139 Å². The summed E-state index contributed by atoms with van der Waals surface area (Å²) in [6, 6.07) is 6.85. The molecule has 3 rings (SSSR count). The van der Waals surface area contributed by atoms with Crippen LogP contribution in [0.5, 0.6) is 0 Å². The summed E-state index contributed by atoms with van der Waals surface area (Å²) < 4.78 is 1.22. The monoisotopic (exact) mass is 396 g/mol. The van der Waals surface area contributed by atoms with Gasteiger partial charge in [0.2, 0.25) is 0 Å². The summed E-state index contributed by atoms with van der Waals surface area (Å²) in [5.41, 5.74) is 5.96. The summed E-state index contributed by atoms with van der Waals surface area (Å²) in [4.78, 5) is 2.40. The second-order valence-electron chi connectivity index (χ2n) is 5.85. The van der Waals surface area contributed by atoms with Crippen LogP contribution in [0.1, 0.15) is 30.9 Å². The molecule has 2 aliphatic rings. The van der Waals surface area contributed by atoms with E-state index >= 15 is 0 Å². The summed E-state index contributed by atoms with van der Waals surface area (Å²) in [7, 11) is 0. The Morgan fingerprint density at radius 3 is 3.00 bits per heavy atom. The van der Waals surface area contributed by atoms with Crippen molar-refractivity contribution >= 4 is 33.9 Å². The molecule has 1 saturated heterocycles. The molecule has 3 nitrogen and oxygen atoms in total. The molecule has 0 spiro atoms. The standard InChI is InChI=1S/C17H21IN2O/c1-11-16-8-13(18)5-6-15(16)17(12(2)19-11)9-20-7-3-4-14(20)10-21/h5-6,8,14,19,21H,1,3-4,7,9-10H2,2H3/t14-/m0/s1. The molecule has 112 valence electrons. The van der Waals surface area contributed by atoms with Gasteiger partial charge < -0.3 is 10.4 Å². The average molecular weight is 396 g/mol. The number of aliphatic hydroxyl groups excluding tert-OH is 1. The summed E-state index contributed by atoms with van der Waals surface area (Å²) in [5.74, 6) is 0. The Kier molecular flexibility index (Phi) is 4.38. The van der Waals surface area contributed by atoms with E-state index < -0.39 is 0 Å². The van der Waals surface area contributed by atoms with Crippen LogP contribution >= 0.6 is 22.6 Å². The molecule has 0 aliphatic carbocycles. The molecule has 2 N–H and O–H groups in total. The van der Waals surface area contributed by atoms with Crippen molar-refractivity contribution in [2.75, 3.05) is 19.7 Å². The minimum absolute atomic E-state index is 0.256. The number of nitrogens with one attached hydrogen (secondary N) is 1. The second-order valence-corrected chi connectivity index (χ2v) is 7.09. The highest BCUT2D eigenvalue weighted by atomic mass is 127. The van der Waals surface area contributed by atoms with Gasteiger partial charge >= 0.3 is 0 Å². The molecular formula is C17H21IN2O. The van der Waals surface area contributed by atoms with Gasteiger partial charge in [-0.3, -0.25) is 4.90 Å². The third-order valence-corrected chi connectivity index (χ3v) is 5.16. The van der Waals surface area contributed by atoms with Gasteiger partial charge in [0, 0.05) is 33.1 Å². The highest BCUT2D eigenvalue weighted by Gasteiger charge is 2.27. The molecule has 0 radical (unpaired) electrons. The van der Waals surface area contributed by atoms with Crippen LogP contribution in [-0.2, 0) is 0 Å². The first-order valence-corrected chi connectivity index (χ1v) is 8.49. The Morgan fingerprint density at radius 1 is 1.43 bits per heavy atom. The lowest BCUT2D eigenvalue weighted by Crippen LogP contribution is -2.35. The number of allylic oxidation sites excluding steroid dienone is 1. The Morgan fingerprint density at radius 2 is 2.24 bits per heavy atom. The van der Waals surface area contributed by atoms with E-state index in [0.29, 0.717) is 6.04 Å². The zero-order valence-electron chi connectivity index (χ0n) is 12.3. The van der Waals surface area contributed by atoms with Crippen LogP contribution in [-0.4, -0.2) is 35.7 Å². The van der Waals surface area contributed by atoms with E-state index in [2.05, 4.69) is 64.5 Å². The smallest absolute Gasteiger partial charge is 0.0587 e. The van der Waals surface area contributed by atoms with Gasteiger partial charge in [-0.25, -0.2) is 0 Å². The number of hydrogen-bond donors (Lipinski definition) is 2. The quantitative estimate of drug-likeness (QED) is 0.772. The number of halogens is 1. The fraction of sp³-hybridized carbons (Fsp3) is 0.412. The van der Waals surface area contributed by atoms with E-state index in [9.17, 15) is 5.11 Å². The lowest BCUT2D eigenvalue weighted by Gasteiger charge is -2.30. The molecular weight excluding hydrogens is 375 g/mol. The molecule has 1 fully saturated rings. The maximum atomic E-state index is 9.52. The average Bonchev–Trinajstić information content (AvgIpc) is 2.91. The van der Waals surface area contributed by atoms with Crippen molar-refractivity contribution in [1.82, 2.24) is 10.2 Å². The van der Waals surface area contributed by atoms with Crippen molar-refractivity contribution in [3.8, 4) is 0 Å². The highest BCUT2D eigenvalue weighted by Crippen LogP contribution is 2.33. The number of aliphatic hydroxyl groups is 1. The normalized spacial score (nSPS) is 22.4. The maximum Gasteiger partial charge on any atom is 0.0587 e. The van der Waals surface area contributed by atoms with Gasteiger partial charge in [-0.2, -0.15) is 0 Å². The first-order valence-electron chi connectivity index (χ1n) is 7.41. The van der Waals surface area contributed by atoms with Crippen molar-refractivity contribution in [3.63, 3.8) is 0 Å². The van der Waals surface area contributed by atoms with Gasteiger partial charge in [0.15, 0.2) is 0 Å². The van der Waals surface area contributed by atoms with Crippen molar-refractivity contribution in [1.29, 1.82) is 0 Å². The fourth-order valence-corrected chi connectivity index (χ4v) is 3.81. The van der Waals surface area contributed by atoms with E-state index in [0.717, 1.165) is 25.2 Å². The minimum atomic E-state index is 0.256. The molecule has 1 aromatic carbocycles. The summed E-state index contributed by atoms with van der Waals surface area (Å²) in [6.07, 6.45) is 2.28. The van der Waals surface area contributed by atoms with E-state index in [1.807, 2.05) is 0 Å². The first-order chi connectivity index (χ1) is 10.1. The van der Waals surface area contributed by atoms with Crippen molar-refractivity contribution in [2.24, 2.45) is 0 Å². The zero-order valence-corrected chi connectivity index (χ0v) is 14.5. The third kappa shape index (κ3) is 2.89.